The third-order valence-corrected chi connectivity index (χ3v) is 2.75. The fourth-order valence-corrected chi connectivity index (χ4v) is 1.90. The van der Waals surface area contributed by atoms with Gasteiger partial charge in [0.2, 0.25) is 5.78 Å². The molecule has 0 fully saturated rings. The van der Waals surface area contributed by atoms with E-state index in [9.17, 15) is 18.0 Å². The normalized spacial score (nSPS) is 19.4. The van der Waals surface area contributed by atoms with E-state index in [1.807, 2.05) is 0 Å². The van der Waals surface area contributed by atoms with Crippen molar-refractivity contribution < 1.29 is 22.7 Å². The molecule has 0 spiro atoms. The number of carbonyl (C=O) groups excluding carboxylic acids is 1. The number of fused-ring (bicyclic) bond motifs is 1. The lowest BCUT2D eigenvalue weighted by molar-refractivity contribution is -0.172. The van der Waals surface area contributed by atoms with E-state index in [-0.39, 0.29) is 12.5 Å². The summed E-state index contributed by atoms with van der Waals surface area (Å²) < 4.78 is 41.7. The first kappa shape index (κ1) is 12.0. The molecule has 2 rings (SSSR count). The summed E-state index contributed by atoms with van der Waals surface area (Å²) in [5.74, 6) is -1.37. The molecule has 2 nitrogen and oxygen atoms in total. The standard InChI is InChI=1S/C12H11F3O2/c13-12(14,15)11(16)6-8-5-9-3-1-2-4-10(9)17-7-8/h1-4,8H,5-7H2. The number of ether oxygens (including phenoxy) is 1. The highest BCUT2D eigenvalue weighted by Gasteiger charge is 2.39. The Labute approximate surface area is 96.4 Å². The van der Waals surface area contributed by atoms with E-state index in [2.05, 4.69) is 0 Å². The van der Waals surface area contributed by atoms with Crippen LogP contribution in [0.5, 0.6) is 5.75 Å². The molecular formula is C12H11F3O2. The second-order valence-corrected chi connectivity index (χ2v) is 4.11. The van der Waals surface area contributed by atoms with Crippen molar-refractivity contribution in [2.75, 3.05) is 6.61 Å². The number of para-hydroxylation sites is 1. The number of hydrogen-bond donors (Lipinski definition) is 0. The SMILES string of the molecule is O=C(CC1COc2ccccc2C1)C(F)(F)F. The van der Waals surface area contributed by atoms with Gasteiger partial charge in [0, 0.05) is 12.3 Å². The fourth-order valence-electron chi connectivity index (χ4n) is 1.90. The van der Waals surface area contributed by atoms with Gasteiger partial charge in [-0.1, -0.05) is 18.2 Å². The van der Waals surface area contributed by atoms with E-state index in [1.165, 1.54) is 0 Å². The van der Waals surface area contributed by atoms with Crippen molar-refractivity contribution in [3.8, 4) is 5.75 Å². The number of benzene rings is 1. The quantitative estimate of drug-likeness (QED) is 0.799. The summed E-state index contributed by atoms with van der Waals surface area (Å²) >= 11 is 0. The van der Waals surface area contributed by atoms with Crippen molar-refractivity contribution >= 4 is 5.78 Å². The van der Waals surface area contributed by atoms with Crippen molar-refractivity contribution in [1.29, 1.82) is 0 Å². The third kappa shape index (κ3) is 2.78. The lowest BCUT2D eigenvalue weighted by Gasteiger charge is -2.24. The third-order valence-electron chi connectivity index (χ3n) is 2.75. The van der Waals surface area contributed by atoms with Crippen LogP contribution in [0.1, 0.15) is 12.0 Å². The van der Waals surface area contributed by atoms with Crippen molar-refractivity contribution in [2.24, 2.45) is 5.92 Å². The Hall–Kier alpha value is -1.52. The van der Waals surface area contributed by atoms with Crippen molar-refractivity contribution in [3.05, 3.63) is 29.8 Å². The number of Topliss-reactive ketones (excluding diaryl/α,β-unsaturated/α-hetero) is 1. The van der Waals surface area contributed by atoms with Crippen LogP contribution in [0.3, 0.4) is 0 Å². The molecule has 1 aliphatic rings. The number of ketones is 1. The van der Waals surface area contributed by atoms with Crippen molar-refractivity contribution in [2.45, 2.75) is 19.0 Å². The summed E-state index contributed by atoms with van der Waals surface area (Å²) in [5, 5.41) is 0. The van der Waals surface area contributed by atoms with Gasteiger partial charge in [-0.15, -0.1) is 0 Å². The predicted molar refractivity (Wildman–Crippen MR) is 54.8 cm³/mol. The lowest BCUT2D eigenvalue weighted by atomic mass is 9.92. The molecular weight excluding hydrogens is 233 g/mol. The summed E-state index contributed by atoms with van der Waals surface area (Å²) in [6, 6.07) is 7.19. The number of halogens is 3. The van der Waals surface area contributed by atoms with Crippen molar-refractivity contribution in [3.63, 3.8) is 0 Å². The molecule has 1 unspecified atom stereocenters. The van der Waals surface area contributed by atoms with Crippen LogP contribution in [0, 0.1) is 5.92 Å². The number of alkyl halides is 3. The summed E-state index contributed by atoms with van der Waals surface area (Å²) in [5.41, 5.74) is 0.860. The second kappa shape index (κ2) is 4.39. The Morgan fingerprint density at radius 1 is 1.35 bits per heavy atom. The highest BCUT2D eigenvalue weighted by atomic mass is 19.4. The molecule has 1 heterocycles. The second-order valence-electron chi connectivity index (χ2n) is 4.11. The van der Waals surface area contributed by atoms with Gasteiger partial charge < -0.3 is 4.74 Å². The maximum Gasteiger partial charge on any atom is 0.449 e. The van der Waals surface area contributed by atoms with E-state index >= 15 is 0 Å². The summed E-state index contributed by atoms with van der Waals surface area (Å²) in [6.45, 7) is 0.166. The average Bonchev–Trinajstić information content (AvgIpc) is 2.27. The maximum atomic E-state index is 12.1. The molecule has 1 atom stereocenters. The molecule has 1 aromatic carbocycles. The number of hydrogen-bond acceptors (Lipinski definition) is 2. The molecule has 0 amide bonds. The lowest BCUT2D eigenvalue weighted by Crippen LogP contribution is -2.30. The van der Waals surface area contributed by atoms with Gasteiger partial charge in [-0.2, -0.15) is 13.2 Å². The monoisotopic (exact) mass is 244 g/mol. The summed E-state index contributed by atoms with van der Waals surface area (Å²) in [7, 11) is 0. The van der Waals surface area contributed by atoms with Crippen LogP contribution in [0.2, 0.25) is 0 Å². The molecule has 0 saturated carbocycles. The predicted octanol–water partition coefficient (Wildman–Crippen LogP) is 2.76. The largest absolute Gasteiger partial charge is 0.493 e. The zero-order valence-corrected chi connectivity index (χ0v) is 8.96. The molecule has 0 aliphatic carbocycles. The molecule has 0 saturated heterocycles. The van der Waals surface area contributed by atoms with E-state index in [4.69, 9.17) is 4.74 Å². The van der Waals surface area contributed by atoms with Gasteiger partial charge in [0.1, 0.15) is 5.75 Å². The van der Waals surface area contributed by atoms with E-state index in [0.29, 0.717) is 12.2 Å². The Kier molecular flexibility index (Phi) is 3.09. The van der Waals surface area contributed by atoms with Gasteiger partial charge in [-0.25, -0.2) is 0 Å². The maximum absolute atomic E-state index is 12.1. The van der Waals surface area contributed by atoms with Crippen LogP contribution in [-0.2, 0) is 11.2 Å². The smallest absolute Gasteiger partial charge is 0.449 e. The molecule has 5 heteroatoms. The minimum absolute atomic E-state index is 0.166. The van der Waals surface area contributed by atoms with Crippen LogP contribution in [0.25, 0.3) is 0 Å². The van der Waals surface area contributed by atoms with Gasteiger partial charge in [0.25, 0.3) is 0 Å². The molecule has 92 valence electrons. The molecule has 1 aliphatic heterocycles. The van der Waals surface area contributed by atoms with Gasteiger partial charge in [0.05, 0.1) is 6.61 Å². The number of rotatable bonds is 2. The Morgan fingerprint density at radius 3 is 2.76 bits per heavy atom. The molecule has 0 N–H and O–H groups in total. The fraction of sp³-hybridized carbons (Fsp3) is 0.417. The average molecular weight is 244 g/mol. The minimum atomic E-state index is -4.74. The van der Waals surface area contributed by atoms with Gasteiger partial charge >= 0.3 is 6.18 Å². The summed E-state index contributed by atoms with van der Waals surface area (Å²) in [6.07, 6.45) is -4.78. The first-order valence-corrected chi connectivity index (χ1v) is 5.27. The molecule has 17 heavy (non-hydrogen) atoms. The molecule has 0 bridgehead atoms. The molecule has 0 aromatic heterocycles. The first-order valence-electron chi connectivity index (χ1n) is 5.27. The van der Waals surface area contributed by atoms with Crippen LogP contribution >= 0.6 is 0 Å². The zero-order valence-electron chi connectivity index (χ0n) is 8.96. The zero-order chi connectivity index (χ0) is 12.5. The first-order chi connectivity index (χ1) is 7.97. The van der Waals surface area contributed by atoms with E-state index in [0.717, 1.165) is 5.56 Å². The number of carbonyl (C=O) groups is 1. The Bertz CT molecular complexity index is 426. The van der Waals surface area contributed by atoms with E-state index in [1.54, 1.807) is 24.3 Å². The van der Waals surface area contributed by atoms with E-state index < -0.39 is 18.4 Å². The van der Waals surface area contributed by atoms with Gasteiger partial charge in [-0.3, -0.25) is 4.79 Å². The van der Waals surface area contributed by atoms with Crippen molar-refractivity contribution in [1.82, 2.24) is 0 Å². The Morgan fingerprint density at radius 2 is 2.06 bits per heavy atom. The Balaban J connectivity index is 2.01. The van der Waals surface area contributed by atoms with Crippen LogP contribution in [-0.4, -0.2) is 18.6 Å². The molecule has 0 radical (unpaired) electrons. The minimum Gasteiger partial charge on any atom is -0.493 e. The van der Waals surface area contributed by atoms with Crippen LogP contribution < -0.4 is 4.74 Å². The summed E-state index contributed by atoms with van der Waals surface area (Å²) in [4.78, 5) is 10.9. The van der Waals surface area contributed by atoms with Gasteiger partial charge in [0.15, 0.2) is 0 Å². The highest BCUT2D eigenvalue weighted by molar-refractivity contribution is 5.84. The highest BCUT2D eigenvalue weighted by Crippen LogP contribution is 2.30. The van der Waals surface area contributed by atoms with Gasteiger partial charge in [-0.05, 0) is 18.1 Å². The molecule has 1 aromatic rings. The van der Waals surface area contributed by atoms with Crippen LogP contribution in [0.4, 0.5) is 13.2 Å². The topological polar surface area (TPSA) is 26.3 Å². The van der Waals surface area contributed by atoms with Crippen LogP contribution in [0.15, 0.2) is 24.3 Å².